The van der Waals surface area contributed by atoms with Gasteiger partial charge >= 0.3 is 0 Å². The van der Waals surface area contributed by atoms with Gasteiger partial charge in [-0.25, -0.2) is 9.98 Å². The zero-order chi connectivity index (χ0) is 33.3. The second-order valence-corrected chi connectivity index (χ2v) is 17.7. The third-order valence-electron chi connectivity index (χ3n) is 9.08. The van der Waals surface area contributed by atoms with E-state index < -0.39 is 30.8 Å². The van der Waals surface area contributed by atoms with Crippen LogP contribution in [0.5, 0.6) is 0 Å². The Balaban J connectivity index is 1.30. The number of fused-ring (bicyclic) bond motifs is 3. The van der Waals surface area contributed by atoms with Crippen molar-refractivity contribution in [3.8, 4) is 0 Å². The van der Waals surface area contributed by atoms with Crippen molar-refractivity contribution in [2.75, 3.05) is 0 Å². The smallest absolute Gasteiger partial charge is 0.236 e. The maximum atomic E-state index is 5.48. The van der Waals surface area contributed by atoms with Crippen LogP contribution in [0.2, 0.25) is 0 Å². The lowest BCUT2D eigenvalue weighted by molar-refractivity contribution is 1.22. The maximum Gasteiger partial charge on any atom is 0.236 e. The zero-order valence-corrected chi connectivity index (χ0v) is 30.1. The summed E-state index contributed by atoms with van der Waals surface area (Å²) in [7, 11) is -1.84. The van der Waals surface area contributed by atoms with Crippen LogP contribution in [-0.4, -0.2) is 17.9 Å². The van der Waals surface area contributed by atoms with Crippen LogP contribution in [0.4, 0.5) is 0 Å². The van der Waals surface area contributed by atoms with Crippen molar-refractivity contribution >= 4 is 65.9 Å². The van der Waals surface area contributed by atoms with Crippen molar-refractivity contribution in [1.29, 1.82) is 0 Å². The van der Waals surface area contributed by atoms with Gasteiger partial charge in [0.05, 0.1) is 11.0 Å². The lowest BCUT2D eigenvalue weighted by Gasteiger charge is -2.42. The van der Waals surface area contributed by atoms with Gasteiger partial charge in [0.15, 0.2) is 0 Å². The van der Waals surface area contributed by atoms with Crippen molar-refractivity contribution in [3.05, 3.63) is 205 Å². The largest absolute Gasteiger partial charge is 0.278 e. The highest BCUT2D eigenvalue weighted by atomic mass is 127. The minimum absolute atomic E-state index is 0.707. The SMILES string of the molecule is c1ccc(C2=NC(n3c4ccccc4c4ccccc43)=NC(c3cccc(S(c4ccccc4)(c4ccccc4)c4ccccc4)c3)=I2)cc1. The summed E-state index contributed by atoms with van der Waals surface area (Å²) >= 11 is -0.707. The van der Waals surface area contributed by atoms with Crippen LogP contribution in [-0.2, 0) is 0 Å². The van der Waals surface area contributed by atoms with Gasteiger partial charge in [0.2, 0.25) is 5.96 Å². The second kappa shape index (κ2) is 13.2. The fraction of sp³-hybridized carbons (Fsp3) is 0. The molecule has 0 amide bonds. The number of aromatic nitrogens is 1. The van der Waals surface area contributed by atoms with Crippen molar-refractivity contribution in [1.82, 2.24) is 4.57 Å². The van der Waals surface area contributed by atoms with Crippen LogP contribution >= 0.6 is 30.8 Å². The molecule has 0 unspecified atom stereocenters. The van der Waals surface area contributed by atoms with Crippen LogP contribution in [0.25, 0.3) is 21.8 Å². The first-order valence-corrected chi connectivity index (χ1v) is 20.4. The molecule has 1 aromatic heterocycles. The minimum atomic E-state index is -1.84. The molecule has 0 saturated heterocycles. The van der Waals surface area contributed by atoms with Crippen molar-refractivity contribution < 1.29 is 0 Å². The van der Waals surface area contributed by atoms with E-state index in [2.05, 4.69) is 199 Å². The molecule has 0 aliphatic carbocycles. The monoisotopic (exact) mass is 773 g/mol. The van der Waals surface area contributed by atoms with Crippen LogP contribution in [0.3, 0.4) is 0 Å². The van der Waals surface area contributed by atoms with Crippen LogP contribution < -0.4 is 0 Å². The maximum absolute atomic E-state index is 5.48. The molecule has 7 aromatic carbocycles. The highest BCUT2D eigenvalue weighted by Crippen LogP contribution is 2.73. The average molecular weight is 774 g/mol. The summed E-state index contributed by atoms with van der Waals surface area (Å²) in [6.45, 7) is 0. The van der Waals surface area contributed by atoms with Gasteiger partial charge in [-0.2, -0.15) is 0 Å². The molecule has 1 aliphatic rings. The van der Waals surface area contributed by atoms with Gasteiger partial charge < -0.3 is 0 Å². The van der Waals surface area contributed by atoms with E-state index in [0.29, 0.717) is 5.96 Å². The summed E-state index contributed by atoms with van der Waals surface area (Å²) in [6.07, 6.45) is 0. The fourth-order valence-corrected chi connectivity index (χ4v) is 13.3. The summed E-state index contributed by atoms with van der Waals surface area (Å²) in [5.41, 5.74) is 4.52. The van der Waals surface area contributed by atoms with Crippen LogP contribution in [0, 0.1) is 0 Å². The normalized spacial score (nSPS) is 13.6. The molecular formula is C45H32IN3S. The van der Waals surface area contributed by atoms with Crippen LogP contribution in [0.1, 0.15) is 11.1 Å². The molecule has 240 valence electrons. The number of rotatable bonds is 6. The summed E-state index contributed by atoms with van der Waals surface area (Å²) in [6, 6.07) is 70.1. The third-order valence-corrected chi connectivity index (χ3v) is 15.7. The number of halogens is 1. The molecule has 0 N–H and O–H groups in total. The quantitative estimate of drug-likeness (QED) is 0.151. The van der Waals surface area contributed by atoms with Gasteiger partial charge in [-0.3, -0.25) is 4.57 Å². The standard InChI is InChI=1S/C45H32IN3S/c1-5-18-33(19-6-1)43-46-44(48-45(47-43)49-41-30-15-13-28-39(41)40-29-14-16-31-42(40)49)34-20-17-27-38(32-34)50(35-21-7-2-8-22-35,36-23-9-3-10-24-36)37-25-11-4-12-26-37/h1-32H. The molecule has 9 rings (SSSR count). The van der Waals surface area contributed by atoms with E-state index in [1.54, 1.807) is 0 Å². The van der Waals surface area contributed by atoms with Crippen LogP contribution in [0.15, 0.2) is 224 Å². The number of benzene rings is 7. The van der Waals surface area contributed by atoms with E-state index in [0.717, 1.165) is 29.5 Å². The first kappa shape index (κ1) is 30.7. The topological polar surface area (TPSA) is 29.6 Å². The average Bonchev–Trinajstić information content (AvgIpc) is 3.54. The summed E-state index contributed by atoms with van der Waals surface area (Å²) in [5, 5.41) is 2.40. The van der Waals surface area contributed by atoms with E-state index in [1.165, 1.54) is 30.4 Å². The van der Waals surface area contributed by atoms with E-state index >= 15 is 0 Å². The first-order valence-electron chi connectivity index (χ1n) is 16.6. The molecule has 3 nitrogen and oxygen atoms in total. The summed E-state index contributed by atoms with van der Waals surface area (Å²) in [5.74, 6) is 0.709. The Morgan fingerprint density at radius 2 is 0.840 bits per heavy atom. The molecule has 0 spiro atoms. The Hall–Kier alpha value is -5.37. The number of para-hydroxylation sites is 2. The fourth-order valence-electron chi connectivity index (χ4n) is 6.88. The van der Waals surface area contributed by atoms with Crippen molar-refractivity contribution in [3.63, 3.8) is 0 Å². The van der Waals surface area contributed by atoms with Gasteiger partial charge in [-0.15, -0.1) is 10.0 Å². The molecular weight excluding hydrogens is 741 g/mol. The van der Waals surface area contributed by atoms with E-state index in [1.807, 2.05) is 0 Å². The van der Waals surface area contributed by atoms with Crippen molar-refractivity contribution in [2.24, 2.45) is 9.98 Å². The molecule has 0 bridgehead atoms. The molecule has 0 atom stereocenters. The molecule has 0 fully saturated rings. The molecule has 5 heteroatoms. The van der Waals surface area contributed by atoms with E-state index in [9.17, 15) is 0 Å². The van der Waals surface area contributed by atoms with E-state index in [4.69, 9.17) is 9.98 Å². The van der Waals surface area contributed by atoms with Gasteiger partial charge in [0.25, 0.3) is 0 Å². The highest BCUT2D eigenvalue weighted by molar-refractivity contribution is 14.2. The van der Waals surface area contributed by atoms with Gasteiger partial charge in [-0.1, -0.05) is 133 Å². The third kappa shape index (κ3) is 5.25. The molecule has 0 radical (unpaired) electrons. The number of hydrogen-bond acceptors (Lipinski definition) is 2. The van der Waals surface area contributed by atoms with Gasteiger partial charge in [0.1, 0.15) is 7.35 Å². The Morgan fingerprint density at radius 1 is 0.400 bits per heavy atom. The van der Waals surface area contributed by atoms with Crippen molar-refractivity contribution in [2.45, 2.75) is 19.6 Å². The lowest BCUT2D eigenvalue weighted by Crippen LogP contribution is -2.17. The predicted molar refractivity (Wildman–Crippen MR) is 220 cm³/mol. The number of aliphatic imine (C=N–C) groups is 2. The Kier molecular flexibility index (Phi) is 8.07. The lowest BCUT2D eigenvalue weighted by atomic mass is 10.2. The number of hydrogen-bond donors (Lipinski definition) is 0. The Labute approximate surface area is 303 Å². The minimum Gasteiger partial charge on any atom is -0.278 e. The zero-order valence-electron chi connectivity index (χ0n) is 27.1. The van der Waals surface area contributed by atoms with E-state index in [-0.39, 0.29) is 0 Å². The number of nitrogens with zero attached hydrogens (tertiary/aromatic N) is 3. The highest BCUT2D eigenvalue weighted by Gasteiger charge is 2.33. The predicted octanol–water partition coefficient (Wildman–Crippen LogP) is 11.9. The Morgan fingerprint density at radius 3 is 1.38 bits per heavy atom. The first-order chi connectivity index (χ1) is 24.8. The molecule has 2 heterocycles. The molecule has 1 aliphatic heterocycles. The summed E-state index contributed by atoms with van der Waals surface area (Å²) in [4.78, 5) is 16.0. The Bertz CT molecular complexity index is 2420. The summed E-state index contributed by atoms with van der Waals surface area (Å²) < 4.78 is 4.47. The van der Waals surface area contributed by atoms with Gasteiger partial charge in [0, 0.05) is 41.5 Å². The van der Waals surface area contributed by atoms with Gasteiger partial charge in [-0.05, 0) is 81.4 Å². The second-order valence-electron chi connectivity index (χ2n) is 12.0. The molecule has 8 aromatic rings. The molecule has 50 heavy (non-hydrogen) atoms. The molecule has 0 saturated carbocycles.